The van der Waals surface area contributed by atoms with Gasteiger partial charge in [0.25, 0.3) is 5.56 Å². The Labute approximate surface area is 122 Å². The van der Waals surface area contributed by atoms with Gasteiger partial charge in [0.15, 0.2) is 0 Å². The van der Waals surface area contributed by atoms with Crippen molar-refractivity contribution in [2.24, 2.45) is 0 Å². The highest BCUT2D eigenvalue weighted by Gasteiger charge is 2.08. The molecule has 0 spiro atoms. The first-order chi connectivity index (χ1) is 10.1. The first-order valence-electron chi connectivity index (χ1n) is 6.60. The van der Waals surface area contributed by atoms with Crippen LogP contribution in [0, 0.1) is 6.92 Å². The van der Waals surface area contributed by atoms with E-state index in [2.05, 4.69) is 9.97 Å². The molecule has 2 aromatic rings. The van der Waals surface area contributed by atoms with E-state index < -0.39 is 0 Å². The average molecular weight is 290 g/mol. The molecule has 1 aromatic heterocycles. The molecule has 112 valence electrons. The van der Waals surface area contributed by atoms with Crippen molar-refractivity contribution in [2.45, 2.75) is 20.0 Å². The molecule has 0 saturated heterocycles. The van der Waals surface area contributed by atoms with Crippen molar-refractivity contribution in [3.63, 3.8) is 0 Å². The van der Waals surface area contributed by atoms with Crippen LogP contribution in [0.4, 0.5) is 0 Å². The van der Waals surface area contributed by atoms with Crippen LogP contribution in [-0.2, 0) is 13.0 Å². The zero-order valence-electron chi connectivity index (χ0n) is 12.0. The number of aryl methyl sites for hydroxylation is 1. The molecule has 0 bridgehead atoms. The molecule has 0 amide bonds. The Balaban J connectivity index is 2.11. The number of H-pyrrole nitrogens is 1. The second kappa shape index (κ2) is 6.90. The second-order valence-corrected chi connectivity index (χ2v) is 4.52. The van der Waals surface area contributed by atoms with E-state index in [0.29, 0.717) is 35.0 Å². The number of rotatable bonds is 6. The number of methoxy groups -OCH3 is 1. The predicted molar refractivity (Wildman–Crippen MR) is 77.7 cm³/mol. The van der Waals surface area contributed by atoms with Gasteiger partial charge in [0.1, 0.15) is 23.9 Å². The highest BCUT2D eigenvalue weighted by Crippen LogP contribution is 2.19. The van der Waals surface area contributed by atoms with Gasteiger partial charge in [-0.3, -0.25) is 4.79 Å². The Morgan fingerprint density at radius 2 is 2.10 bits per heavy atom. The number of benzene rings is 1. The molecular weight excluding hydrogens is 272 g/mol. The Morgan fingerprint density at radius 1 is 1.33 bits per heavy atom. The first-order valence-corrected chi connectivity index (χ1v) is 6.60. The second-order valence-electron chi connectivity index (χ2n) is 4.52. The van der Waals surface area contributed by atoms with Crippen molar-refractivity contribution in [3.05, 3.63) is 51.7 Å². The summed E-state index contributed by atoms with van der Waals surface area (Å²) in [7, 11) is 1.58. The molecular formula is C15H18N2O4. The summed E-state index contributed by atoms with van der Waals surface area (Å²) in [5.41, 5.74) is 0.875. The van der Waals surface area contributed by atoms with Crippen molar-refractivity contribution in [3.8, 4) is 11.5 Å². The van der Waals surface area contributed by atoms with Crippen LogP contribution in [0.25, 0.3) is 0 Å². The number of nitrogens with one attached hydrogen (secondary N) is 1. The van der Waals surface area contributed by atoms with Crippen molar-refractivity contribution >= 4 is 0 Å². The zero-order valence-corrected chi connectivity index (χ0v) is 12.0. The van der Waals surface area contributed by atoms with E-state index in [1.54, 1.807) is 26.2 Å². The highest BCUT2D eigenvalue weighted by molar-refractivity contribution is 5.32. The van der Waals surface area contributed by atoms with Crippen LogP contribution in [0.5, 0.6) is 11.5 Å². The number of aliphatic hydroxyl groups is 1. The minimum Gasteiger partial charge on any atom is -0.497 e. The minimum absolute atomic E-state index is 0.0781. The highest BCUT2D eigenvalue weighted by atomic mass is 16.5. The summed E-state index contributed by atoms with van der Waals surface area (Å²) in [5.74, 6) is 1.78. The summed E-state index contributed by atoms with van der Waals surface area (Å²) in [6.07, 6.45) is 0.297. The number of aromatic nitrogens is 2. The molecule has 0 atom stereocenters. The van der Waals surface area contributed by atoms with Gasteiger partial charge in [-0.1, -0.05) is 6.07 Å². The zero-order chi connectivity index (χ0) is 15.2. The molecule has 0 unspecified atom stereocenters. The molecule has 0 aliphatic carbocycles. The first kappa shape index (κ1) is 15.1. The SMILES string of the molecule is COc1cccc(OCc2nc(C)c(CCO)c(=O)[nH]2)c1. The van der Waals surface area contributed by atoms with Crippen molar-refractivity contribution < 1.29 is 14.6 Å². The Kier molecular flexibility index (Phi) is 4.94. The average Bonchev–Trinajstić information content (AvgIpc) is 2.49. The van der Waals surface area contributed by atoms with E-state index >= 15 is 0 Å². The van der Waals surface area contributed by atoms with Crippen LogP contribution in [-0.4, -0.2) is 28.8 Å². The summed E-state index contributed by atoms with van der Waals surface area (Å²) in [5, 5.41) is 8.92. The third kappa shape index (κ3) is 3.82. The normalized spacial score (nSPS) is 10.4. The lowest BCUT2D eigenvalue weighted by molar-refractivity contribution is 0.290. The molecule has 2 N–H and O–H groups in total. The molecule has 0 aliphatic heterocycles. The summed E-state index contributed by atoms with van der Waals surface area (Å²) >= 11 is 0. The molecule has 2 rings (SSSR count). The minimum atomic E-state index is -0.235. The molecule has 21 heavy (non-hydrogen) atoms. The lowest BCUT2D eigenvalue weighted by Crippen LogP contribution is -2.20. The number of hydrogen-bond donors (Lipinski definition) is 2. The van der Waals surface area contributed by atoms with E-state index in [1.165, 1.54) is 0 Å². The smallest absolute Gasteiger partial charge is 0.254 e. The summed E-state index contributed by atoms with van der Waals surface area (Å²) in [6, 6.07) is 7.19. The maximum atomic E-state index is 11.9. The van der Waals surface area contributed by atoms with Crippen LogP contribution in [0.15, 0.2) is 29.1 Å². The number of aliphatic hydroxyl groups excluding tert-OH is 1. The topological polar surface area (TPSA) is 84.4 Å². The van der Waals surface area contributed by atoms with E-state index in [4.69, 9.17) is 14.6 Å². The van der Waals surface area contributed by atoms with Crippen LogP contribution < -0.4 is 15.0 Å². The summed E-state index contributed by atoms with van der Waals surface area (Å²) < 4.78 is 10.7. The Bertz CT molecular complexity index is 667. The lowest BCUT2D eigenvalue weighted by Gasteiger charge is -2.09. The number of nitrogens with zero attached hydrogens (tertiary/aromatic N) is 1. The van der Waals surface area contributed by atoms with E-state index in [9.17, 15) is 4.79 Å². The molecule has 1 aromatic carbocycles. The molecule has 6 heteroatoms. The van der Waals surface area contributed by atoms with Gasteiger partial charge < -0.3 is 19.6 Å². The van der Waals surface area contributed by atoms with Crippen LogP contribution in [0.2, 0.25) is 0 Å². The van der Waals surface area contributed by atoms with E-state index in [0.717, 1.165) is 0 Å². The van der Waals surface area contributed by atoms with Gasteiger partial charge in [0.2, 0.25) is 0 Å². The number of aromatic amines is 1. The molecule has 0 aliphatic rings. The fourth-order valence-electron chi connectivity index (χ4n) is 1.99. The van der Waals surface area contributed by atoms with E-state index in [-0.39, 0.29) is 18.8 Å². The van der Waals surface area contributed by atoms with Gasteiger partial charge in [-0.05, 0) is 19.1 Å². The summed E-state index contributed by atoms with van der Waals surface area (Å²) in [4.78, 5) is 18.8. The number of hydrogen-bond acceptors (Lipinski definition) is 5. The molecule has 6 nitrogen and oxygen atoms in total. The molecule has 0 radical (unpaired) electrons. The fraction of sp³-hybridized carbons (Fsp3) is 0.333. The van der Waals surface area contributed by atoms with Gasteiger partial charge >= 0.3 is 0 Å². The quantitative estimate of drug-likeness (QED) is 0.835. The standard InChI is InChI=1S/C15H18N2O4/c1-10-13(6-7-18)15(19)17-14(16-10)9-21-12-5-3-4-11(8-12)20-2/h3-5,8,18H,6-7,9H2,1-2H3,(H,16,17,19). The molecule has 0 fully saturated rings. The van der Waals surface area contributed by atoms with Gasteiger partial charge in [0.05, 0.1) is 7.11 Å². The predicted octanol–water partition coefficient (Wildman–Crippen LogP) is 1.20. The summed E-state index contributed by atoms with van der Waals surface area (Å²) in [6.45, 7) is 1.82. The Morgan fingerprint density at radius 3 is 2.76 bits per heavy atom. The van der Waals surface area contributed by atoms with Crippen molar-refractivity contribution in [1.29, 1.82) is 0 Å². The monoisotopic (exact) mass is 290 g/mol. The van der Waals surface area contributed by atoms with Crippen LogP contribution >= 0.6 is 0 Å². The van der Waals surface area contributed by atoms with Gasteiger partial charge in [-0.25, -0.2) is 4.98 Å². The number of ether oxygens (including phenoxy) is 2. The van der Waals surface area contributed by atoms with Crippen molar-refractivity contribution in [1.82, 2.24) is 9.97 Å². The maximum absolute atomic E-state index is 11.9. The van der Waals surface area contributed by atoms with Gasteiger partial charge in [0, 0.05) is 30.4 Å². The third-order valence-electron chi connectivity index (χ3n) is 3.05. The largest absolute Gasteiger partial charge is 0.497 e. The fourth-order valence-corrected chi connectivity index (χ4v) is 1.99. The molecule has 1 heterocycles. The third-order valence-corrected chi connectivity index (χ3v) is 3.05. The Hall–Kier alpha value is -2.34. The van der Waals surface area contributed by atoms with E-state index in [1.807, 2.05) is 12.1 Å². The van der Waals surface area contributed by atoms with Gasteiger partial charge in [-0.2, -0.15) is 0 Å². The van der Waals surface area contributed by atoms with Crippen LogP contribution in [0.1, 0.15) is 17.1 Å². The molecule has 0 saturated carbocycles. The lowest BCUT2D eigenvalue weighted by atomic mass is 10.2. The van der Waals surface area contributed by atoms with Crippen molar-refractivity contribution in [2.75, 3.05) is 13.7 Å². The van der Waals surface area contributed by atoms with Crippen LogP contribution in [0.3, 0.4) is 0 Å². The van der Waals surface area contributed by atoms with Gasteiger partial charge in [-0.15, -0.1) is 0 Å². The maximum Gasteiger partial charge on any atom is 0.254 e.